The summed E-state index contributed by atoms with van der Waals surface area (Å²) in [4.78, 5) is 33.1. The Bertz CT molecular complexity index is 980. The molecule has 2 amide bonds. The van der Waals surface area contributed by atoms with Gasteiger partial charge in [0, 0.05) is 43.7 Å². The van der Waals surface area contributed by atoms with E-state index in [4.69, 9.17) is 5.73 Å². The fraction of sp³-hybridized carbons (Fsp3) is 0.577. The summed E-state index contributed by atoms with van der Waals surface area (Å²) in [5, 5.41) is 2.26. The Kier molecular flexibility index (Phi) is 8.33. The molecular weight excluding hydrogens is 471 g/mol. The Balaban J connectivity index is 1.28. The Morgan fingerprint density at radius 1 is 1.11 bits per heavy atom. The number of amides is 2. The number of rotatable bonds is 6. The summed E-state index contributed by atoms with van der Waals surface area (Å²) in [6.45, 7) is 3.43. The Hall–Kier alpha value is -2.88. The van der Waals surface area contributed by atoms with Gasteiger partial charge in [-0.25, -0.2) is 4.98 Å². The number of carbonyl (C=O) groups is 2. The SMILES string of the molecule is Nc1cc(CN2CCC(C(=O)N3CCC(C(NC(=O)C(F)(F)F)C4C=CC=CC4)CC3)CC2)ccn1. The van der Waals surface area contributed by atoms with Crippen LogP contribution in [0.1, 0.15) is 37.7 Å². The molecule has 10 heteroatoms. The van der Waals surface area contributed by atoms with E-state index in [1.807, 2.05) is 41.3 Å². The van der Waals surface area contributed by atoms with Gasteiger partial charge in [0.2, 0.25) is 5.91 Å². The number of hydrogen-bond acceptors (Lipinski definition) is 5. The first-order valence-electron chi connectivity index (χ1n) is 12.6. The van der Waals surface area contributed by atoms with Crippen LogP contribution in [0.15, 0.2) is 42.6 Å². The standard InChI is InChI=1S/C26H34F3N5O2/c27-26(28,29)25(36)32-23(19-4-2-1-3-5-19)20-9-14-34(15-10-20)24(35)21-7-12-33(13-8-21)17-18-6-11-31-22(30)16-18/h1-4,6,11,16,19-21,23H,5,7-10,12-15,17H2,(H2,30,31)(H,32,36). The first-order chi connectivity index (χ1) is 17.2. The van der Waals surface area contributed by atoms with Crippen molar-refractivity contribution in [2.24, 2.45) is 17.8 Å². The maximum absolute atomic E-state index is 13.2. The van der Waals surface area contributed by atoms with Gasteiger partial charge < -0.3 is 16.0 Å². The van der Waals surface area contributed by atoms with Gasteiger partial charge in [0.15, 0.2) is 0 Å². The number of nitrogens with one attached hydrogen (secondary N) is 1. The molecule has 196 valence electrons. The van der Waals surface area contributed by atoms with Crippen LogP contribution >= 0.6 is 0 Å². The van der Waals surface area contributed by atoms with E-state index in [0.29, 0.717) is 38.2 Å². The summed E-state index contributed by atoms with van der Waals surface area (Å²) >= 11 is 0. The molecule has 1 aliphatic carbocycles. The van der Waals surface area contributed by atoms with Gasteiger partial charge in [0.05, 0.1) is 0 Å². The van der Waals surface area contributed by atoms with E-state index in [0.717, 1.165) is 38.0 Å². The lowest BCUT2D eigenvalue weighted by atomic mass is 9.79. The Morgan fingerprint density at radius 3 is 2.44 bits per heavy atom. The lowest BCUT2D eigenvalue weighted by Gasteiger charge is -2.41. The molecule has 0 bridgehead atoms. The van der Waals surface area contributed by atoms with E-state index in [2.05, 4.69) is 15.2 Å². The van der Waals surface area contributed by atoms with Crippen molar-refractivity contribution in [1.82, 2.24) is 20.1 Å². The zero-order chi connectivity index (χ0) is 25.7. The summed E-state index contributed by atoms with van der Waals surface area (Å²) < 4.78 is 38.9. The van der Waals surface area contributed by atoms with Crippen molar-refractivity contribution in [3.8, 4) is 0 Å². The van der Waals surface area contributed by atoms with E-state index in [1.54, 1.807) is 6.20 Å². The summed E-state index contributed by atoms with van der Waals surface area (Å²) in [6.07, 6.45) is 7.53. The second-order valence-electron chi connectivity index (χ2n) is 10.0. The third-order valence-corrected chi connectivity index (χ3v) is 7.58. The van der Waals surface area contributed by atoms with Crippen LogP contribution in [0.25, 0.3) is 0 Å². The van der Waals surface area contributed by atoms with Crippen LogP contribution < -0.4 is 11.1 Å². The first kappa shape index (κ1) is 26.2. The number of aromatic nitrogens is 1. The quantitative estimate of drug-likeness (QED) is 0.619. The highest BCUT2D eigenvalue weighted by Crippen LogP contribution is 2.31. The van der Waals surface area contributed by atoms with Crippen LogP contribution in [0.3, 0.4) is 0 Å². The van der Waals surface area contributed by atoms with Gasteiger partial charge in [-0.05, 0) is 68.8 Å². The van der Waals surface area contributed by atoms with Crippen LogP contribution in [0, 0.1) is 17.8 Å². The molecule has 2 unspecified atom stereocenters. The lowest BCUT2D eigenvalue weighted by molar-refractivity contribution is -0.175. The number of alkyl halides is 3. The van der Waals surface area contributed by atoms with Crippen molar-refractivity contribution in [3.63, 3.8) is 0 Å². The number of hydrogen-bond donors (Lipinski definition) is 2. The van der Waals surface area contributed by atoms with Gasteiger partial charge in [-0.2, -0.15) is 13.2 Å². The normalized spacial score (nSPS) is 23.0. The molecule has 3 N–H and O–H groups in total. The number of anilines is 1. The van der Waals surface area contributed by atoms with Crippen LogP contribution in [0.2, 0.25) is 0 Å². The van der Waals surface area contributed by atoms with E-state index in [1.165, 1.54) is 0 Å². The van der Waals surface area contributed by atoms with Gasteiger partial charge in [0.1, 0.15) is 5.82 Å². The molecule has 7 nitrogen and oxygen atoms in total. The average Bonchev–Trinajstić information content (AvgIpc) is 2.87. The monoisotopic (exact) mass is 505 g/mol. The van der Waals surface area contributed by atoms with Gasteiger partial charge in [0.25, 0.3) is 0 Å². The van der Waals surface area contributed by atoms with E-state index >= 15 is 0 Å². The molecule has 0 radical (unpaired) electrons. The molecule has 3 heterocycles. The smallest absolute Gasteiger partial charge is 0.384 e. The zero-order valence-corrected chi connectivity index (χ0v) is 20.3. The highest BCUT2D eigenvalue weighted by atomic mass is 19.4. The summed E-state index contributed by atoms with van der Waals surface area (Å²) in [6, 6.07) is 3.20. The molecule has 3 aliphatic rings. The topological polar surface area (TPSA) is 91.6 Å². The number of piperidine rings is 2. The molecule has 1 aromatic rings. The number of nitrogens with zero attached hydrogens (tertiary/aromatic N) is 3. The molecular formula is C26H34F3N5O2. The molecule has 0 aromatic carbocycles. The lowest BCUT2D eigenvalue weighted by Crippen LogP contribution is -2.53. The first-order valence-corrected chi connectivity index (χ1v) is 12.6. The van der Waals surface area contributed by atoms with E-state index in [9.17, 15) is 22.8 Å². The number of carbonyl (C=O) groups excluding carboxylic acids is 2. The molecule has 2 saturated heterocycles. The molecule has 0 spiro atoms. The predicted octanol–water partition coefficient (Wildman–Crippen LogP) is 3.29. The number of nitrogen functional groups attached to an aromatic ring is 1. The fourth-order valence-electron chi connectivity index (χ4n) is 5.60. The van der Waals surface area contributed by atoms with Crippen molar-refractivity contribution in [2.75, 3.05) is 31.9 Å². The number of likely N-dealkylation sites (tertiary alicyclic amines) is 2. The Labute approximate surface area is 209 Å². The minimum Gasteiger partial charge on any atom is -0.384 e. The van der Waals surface area contributed by atoms with E-state index in [-0.39, 0.29) is 23.7 Å². The Morgan fingerprint density at radius 2 is 1.83 bits per heavy atom. The minimum atomic E-state index is -4.91. The second kappa shape index (κ2) is 11.5. The molecule has 2 fully saturated rings. The third kappa shape index (κ3) is 6.66. The summed E-state index contributed by atoms with van der Waals surface area (Å²) in [7, 11) is 0. The van der Waals surface area contributed by atoms with Crippen LogP contribution in [0.5, 0.6) is 0 Å². The van der Waals surface area contributed by atoms with Gasteiger partial charge in [-0.15, -0.1) is 0 Å². The minimum absolute atomic E-state index is 0.0348. The maximum atomic E-state index is 13.2. The predicted molar refractivity (Wildman–Crippen MR) is 130 cm³/mol. The number of nitrogens with two attached hydrogens (primary N) is 1. The summed E-state index contributed by atoms with van der Waals surface area (Å²) in [5.41, 5.74) is 6.87. The van der Waals surface area contributed by atoms with Crippen LogP contribution in [-0.4, -0.2) is 65.0 Å². The number of halogens is 3. The molecule has 36 heavy (non-hydrogen) atoms. The van der Waals surface area contributed by atoms with Crippen LogP contribution in [0.4, 0.5) is 19.0 Å². The van der Waals surface area contributed by atoms with Gasteiger partial charge in [-0.3, -0.25) is 14.5 Å². The van der Waals surface area contributed by atoms with Crippen molar-refractivity contribution in [3.05, 3.63) is 48.2 Å². The second-order valence-corrected chi connectivity index (χ2v) is 10.0. The number of pyridine rings is 1. The van der Waals surface area contributed by atoms with Crippen LogP contribution in [-0.2, 0) is 16.1 Å². The number of allylic oxidation sites excluding steroid dienone is 3. The highest BCUT2D eigenvalue weighted by molar-refractivity contribution is 5.82. The largest absolute Gasteiger partial charge is 0.471 e. The molecule has 2 atom stereocenters. The van der Waals surface area contributed by atoms with Gasteiger partial charge >= 0.3 is 12.1 Å². The van der Waals surface area contributed by atoms with Crippen molar-refractivity contribution in [2.45, 2.75) is 50.9 Å². The van der Waals surface area contributed by atoms with Crippen molar-refractivity contribution >= 4 is 17.6 Å². The zero-order valence-electron chi connectivity index (χ0n) is 20.3. The third-order valence-electron chi connectivity index (χ3n) is 7.58. The van der Waals surface area contributed by atoms with Gasteiger partial charge in [-0.1, -0.05) is 24.3 Å². The molecule has 4 rings (SSSR count). The fourth-order valence-corrected chi connectivity index (χ4v) is 5.60. The van der Waals surface area contributed by atoms with Crippen molar-refractivity contribution in [1.29, 1.82) is 0 Å². The van der Waals surface area contributed by atoms with Crippen molar-refractivity contribution < 1.29 is 22.8 Å². The van der Waals surface area contributed by atoms with E-state index < -0.39 is 18.1 Å². The highest BCUT2D eigenvalue weighted by Gasteiger charge is 2.43. The molecule has 1 aromatic heterocycles. The molecule has 2 aliphatic heterocycles. The average molecular weight is 506 g/mol. The maximum Gasteiger partial charge on any atom is 0.471 e. The molecule has 0 saturated carbocycles. The summed E-state index contributed by atoms with van der Waals surface area (Å²) in [5.74, 6) is -1.60.